The molecule has 18 heavy (non-hydrogen) atoms. The number of hydrogen-bond acceptors (Lipinski definition) is 6. The van der Waals surface area contributed by atoms with Crippen LogP contribution in [0.1, 0.15) is 27.7 Å². The topological polar surface area (TPSA) is 87.5 Å². The molecule has 0 radical (unpaired) electrons. The van der Waals surface area contributed by atoms with Crippen LogP contribution in [0.4, 0.5) is 0 Å². The van der Waals surface area contributed by atoms with Gasteiger partial charge in [0.1, 0.15) is 5.54 Å². The van der Waals surface area contributed by atoms with Crippen LogP contribution in [0, 0.1) is 0 Å². The fraction of sp³-hybridized carbons (Fsp3) is 0.833. The highest BCUT2D eigenvalue weighted by Crippen LogP contribution is 2.18. The molecule has 0 aliphatic carbocycles. The standard InChI is InChI=1S/C12H24N6/c1-11(2,9-14-6-5-13)17-18-12(3,4)10-15-7-8-16-10/h7,14H,5-6,8-9,13H2,1-4H3. The summed E-state index contributed by atoms with van der Waals surface area (Å²) in [6, 6.07) is 0. The fourth-order valence-corrected chi connectivity index (χ4v) is 1.48. The van der Waals surface area contributed by atoms with E-state index in [4.69, 9.17) is 5.73 Å². The van der Waals surface area contributed by atoms with Crippen molar-refractivity contribution in [3.63, 3.8) is 0 Å². The van der Waals surface area contributed by atoms with E-state index >= 15 is 0 Å². The van der Waals surface area contributed by atoms with Crippen LogP contribution in [0.2, 0.25) is 0 Å². The third-order valence-corrected chi connectivity index (χ3v) is 2.53. The summed E-state index contributed by atoms with van der Waals surface area (Å²) in [6.45, 7) is 10.8. The molecule has 0 aromatic carbocycles. The van der Waals surface area contributed by atoms with Gasteiger partial charge in [-0.2, -0.15) is 10.2 Å². The molecule has 0 fully saturated rings. The van der Waals surface area contributed by atoms with E-state index in [1.807, 2.05) is 27.7 Å². The first-order valence-electron chi connectivity index (χ1n) is 6.30. The van der Waals surface area contributed by atoms with Gasteiger partial charge < -0.3 is 11.1 Å². The summed E-state index contributed by atoms with van der Waals surface area (Å²) in [5.74, 6) is 0.747. The maximum Gasteiger partial charge on any atom is 0.152 e. The predicted molar refractivity (Wildman–Crippen MR) is 75.7 cm³/mol. The summed E-state index contributed by atoms with van der Waals surface area (Å²) in [4.78, 5) is 8.51. The summed E-state index contributed by atoms with van der Waals surface area (Å²) in [5.41, 5.74) is 4.72. The molecule has 0 unspecified atom stereocenters. The second-order valence-electron chi connectivity index (χ2n) is 5.51. The van der Waals surface area contributed by atoms with Gasteiger partial charge in [-0.05, 0) is 27.7 Å². The summed E-state index contributed by atoms with van der Waals surface area (Å²) in [5, 5.41) is 12.1. The lowest BCUT2D eigenvalue weighted by atomic mass is 10.1. The number of aliphatic imine (C=N–C) groups is 2. The average molecular weight is 252 g/mol. The summed E-state index contributed by atoms with van der Waals surface area (Å²) >= 11 is 0. The third kappa shape index (κ3) is 4.62. The summed E-state index contributed by atoms with van der Waals surface area (Å²) < 4.78 is 0. The summed E-state index contributed by atoms with van der Waals surface area (Å²) in [7, 11) is 0. The molecule has 0 bridgehead atoms. The Kier molecular flexibility index (Phi) is 5.10. The van der Waals surface area contributed by atoms with Gasteiger partial charge in [0.2, 0.25) is 0 Å². The van der Waals surface area contributed by atoms with E-state index < -0.39 is 5.54 Å². The number of azo groups is 1. The van der Waals surface area contributed by atoms with E-state index in [0.29, 0.717) is 13.1 Å². The van der Waals surface area contributed by atoms with Crippen molar-refractivity contribution in [1.29, 1.82) is 0 Å². The molecule has 0 spiro atoms. The Hall–Kier alpha value is -1.14. The van der Waals surface area contributed by atoms with Crippen molar-refractivity contribution in [2.45, 2.75) is 38.8 Å². The molecular formula is C12H24N6. The Morgan fingerprint density at radius 1 is 1.33 bits per heavy atom. The Balaban J connectivity index is 2.58. The molecule has 0 saturated heterocycles. The van der Waals surface area contributed by atoms with E-state index in [2.05, 4.69) is 25.5 Å². The normalized spacial score (nSPS) is 16.6. The van der Waals surface area contributed by atoms with Gasteiger partial charge in [0.25, 0.3) is 0 Å². The van der Waals surface area contributed by atoms with Crippen LogP contribution in [0.25, 0.3) is 0 Å². The molecule has 6 heteroatoms. The van der Waals surface area contributed by atoms with Gasteiger partial charge in [-0.3, -0.25) is 4.99 Å². The Morgan fingerprint density at radius 3 is 2.61 bits per heavy atom. The Labute approximate surface area is 109 Å². The quantitative estimate of drug-likeness (QED) is 0.523. The first-order chi connectivity index (χ1) is 8.37. The number of nitrogens with two attached hydrogens (primary N) is 1. The van der Waals surface area contributed by atoms with Crippen LogP contribution in [0.5, 0.6) is 0 Å². The zero-order valence-electron chi connectivity index (χ0n) is 11.8. The first-order valence-corrected chi connectivity index (χ1v) is 6.30. The van der Waals surface area contributed by atoms with Crippen LogP contribution in [-0.4, -0.2) is 49.3 Å². The highest BCUT2D eigenvalue weighted by atomic mass is 15.2. The number of amidine groups is 1. The second kappa shape index (κ2) is 6.15. The zero-order valence-corrected chi connectivity index (χ0v) is 11.8. The molecule has 0 atom stereocenters. The van der Waals surface area contributed by atoms with Crippen LogP contribution in [-0.2, 0) is 0 Å². The van der Waals surface area contributed by atoms with Gasteiger partial charge in [0.05, 0.1) is 12.1 Å². The number of nitrogens with zero attached hydrogens (tertiary/aromatic N) is 4. The lowest BCUT2D eigenvalue weighted by molar-refractivity contribution is 0.432. The van der Waals surface area contributed by atoms with Crippen LogP contribution in [0.15, 0.2) is 20.2 Å². The van der Waals surface area contributed by atoms with Crippen molar-refractivity contribution >= 4 is 12.1 Å². The third-order valence-electron chi connectivity index (χ3n) is 2.53. The molecule has 0 aromatic rings. The molecule has 6 nitrogen and oxygen atoms in total. The number of rotatable bonds is 7. The molecular weight excluding hydrogens is 228 g/mol. The number of hydrogen-bond donors (Lipinski definition) is 2. The van der Waals surface area contributed by atoms with Gasteiger partial charge in [0.15, 0.2) is 5.84 Å². The van der Waals surface area contributed by atoms with Crippen molar-refractivity contribution in [3.05, 3.63) is 0 Å². The molecule has 1 aliphatic rings. The van der Waals surface area contributed by atoms with E-state index in [0.717, 1.165) is 18.9 Å². The van der Waals surface area contributed by atoms with Gasteiger partial charge in [-0.25, -0.2) is 4.99 Å². The van der Waals surface area contributed by atoms with E-state index in [9.17, 15) is 0 Å². The van der Waals surface area contributed by atoms with Crippen molar-refractivity contribution in [2.24, 2.45) is 25.9 Å². The second-order valence-corrected chi connectivity index (χ2v) is 5.51. The monoisotopic (exact) mass is 252 g/mol. The molecule has 1 heterocycles. The molecule has 102 valence electrons. The van der Waals surface area contributed by atoms with Crippen molar-refractivity contribution in [2.75, 3.05) is 26.2 Å². The molecule has 1 aliphatic heterocycles. The van der Waals surface area contributed by atoms with E-state index in [1.54, 1.807) is 6.21 Å². The minimum absolute atomic E-state index is 0.255. The van der Waals surface area contributed by atoms with E-state index in [-0.39, 0.29) is 5.54 Å². The van der Waals surface area contributed by atoms with Crippen molar-refractivity contribution in [3.8, 4) is 0 Å². The molecule has 0 amide bonds. The lowest BCUT2D eigenvalue weighted by Crippen LogP contribution is -2.36. The van der Waals surface area contributed by atoms with Gasteiger partial charge in [-0.1, -0.05) is 0 Å². The minimum Gasteiger partial charge on any atom is -0.329 e. The van der Waals surface area contributed by atoms with E-state index in [1.165, 1.54) is 0 Å². The Morgan fingerprint density at radius 2 is 2.06 bits per heavy atom. The fourth-order valence-electron chi connectivity index (χ4n) is 1.48. The van der Waals surface area contributed by atoms with Crippen LogP contribution < -0.4 is 11.1 Å². The highest BCUT2D eigenvalue weighted by molar-refractivity contribution is 6.00. The molecule has 0 saturated carbocycles. The number of nitrogens with one attached hydrogen (secondary N) is 1. The zero-order chi connectivity index (χ0) is 13.6. The smallest absolute Gasteiger partial charge is 0.152 e. The lowest BCUT2D eigenvalue weighted by Gasteiger charge is -2.22. The maximum absolute atomic E-state index is 5.44. The average Bonchev–Trinajstić information content (AvgIpc) is 2.81. The SMILES string of the molecule is CC(C)(CNCCN)N=NC(C)(C)C1=NCC=N1. The highest BCUT2D eigenvalue weighted by Gasteiger charge is 2.27. The molecule has 1 rings (SSSR count). The predicted octanol–water partition coefficient (Wildman–Crippen LogP) is 1.03. The van der Waals surface area contributed by atoms with Crippen molar-refractivity contribution in [1.82, 2.24) is 5.32 Å². The van der Waals surface area contributed by atoms with Gasteiger partial charge in [-0.15, -0.1) is 0 Å². The van der Waals surface area contributed by atoms with Gasteiger partial charge >= 0.3 is 0 Å². The molecule has 3 N–H and O–H groups in total. The minimum atomic E-state index is -0.460. The van der Waals surface area contributed by atoms with Crippen LogP contribution in [0.3, 0.4) is 0 Å². The first kappa shape index (κ1) is 14.9. The van der Waals surface area contributed by atoms with Crippen LogP contribution >= 0.6 is 0 Å². The Bertz CT molecular complexity index is 354. The largest absolute Gasteiger partial charge is 0.329 e. The summed E-state index contributed by atoms with van der Waals surface area (Å²) in [6.07, 6.45) is 1.79. The molecule has 0 aromatic heterocycles. The van der Waals surface area contributed by atoms with Crippen molar-refractivity contribution < 1.29 is 0 Å². The van der Waals surface area contributed by atoms with Gasteiger partial charge in [0, 0.05) is 25.8 Å². The maximum atomic E-state index is 5.44.